The van der Waals surface area contributed by atoms with Crippen LogP contribution in [0.2, 0.25) is 0 Å². The molecule has 0 saturated carbocycles. The molecule has 3 aromatic carbocycles. The van der Waals surface area contributed by atoms with Gasteiger partial charge in [0.15, 0.2) is 5.16 Å². The first-order valence-electron chi connectivity index (χ1n) is 10.9. The molecule has 34 heavy (non-hydrogen) atoms. The van der Waals surface area contributed by atoms with E-state index >= 15 is 0 Å². The van der Waals surface area contributed by atoms with Gasteiger partial charge in [0.25, 0.3) is 0 Å². The number of imidazole rings is 1. The van der Waals surface area contributed by atoms with Crippen LogP contribution in [0.15, 0.2) is 78.0 Å². The lowest BCUT2D eigenvalue weighted by atomic mass is 10.2. The molecule has 1 amide bonds. The van der Waals surface area contributed by atoms with Gasteiger partial charge < -0.3 is 19.4 Å². The van der Waals surface area contributed by atoms with E-state index in [4.69, 9.17) is 14.5 Å². The highest BCUT2D eigenvalue weighted by atomic mass is 32.2. The number of amides is 1. The summed E-state index contributed by atoms with van der Waals surface area (Å²) >= 11 is 1.37. The van der Waals surface area contributed by atoms with Crippen molar-refractivity contribution in [1.29, 1.82) is 0 Å². The molecule has 1 N–H and O–H groups in total. The lowest BCUT2D eigenvalue weighted by Crippen LogP contribution is -2.15. The standard InChI is InChI=1S/C26H25N3O4S/c1-3-33-25(31)19-7-6-8-20(15-19)27-24(30)17-34-26-28-22-9-4-5-10-23(22)29(26)16-18-11-13-21(32-2)14-12-18/h4-15H,3,16-17H2,1-2H3,(H,27,30). The number of carbonyl (C=O) groups is 2. The number of nitrogens with one attached hydrogen (secondary N) is 1. The number of benzene rings is 3. The molecule has 0 radical (unpaired) electrons. The largest absolute Gasteiger partial charge is 0.497 e. The normalized spacial score (nSPS) is 10.8. The van der Waals surface area contributed by atoms with Crippen molar-refractivity contribution in [2.24, 2.45) is 0 Å². The quantitative estimate of drug-likeness (QED) is 0.271. The van der Waals surface area contributed by atoms with Gasteiger partial charge in [-0.05, 0) is 55.0 Å². The van der Waals surface area contributed by atoms with Crippen LogP contribution in [-0.2, 0) is 16.1 Å². The first-order valence-corrected chi connectivity index (χ1v) is 11.8. The predicted octanol–water partition coefficient (Wildman–Crippen LogP) is 5.00. The Hall–Kier alpha value is -3.78. The van der Waals surface area contributed by atoms with Crippen molar-refractivity contribution in [1.82, 2.24) is 9.55 Å². The summed E-state index contributed by atoms with van der Waals surface area (Å²) in [6.07, 6.45) is 0. The summed E-state index contributed by atoms with van der Waals surface area (Å²) in [5.74, 6) is 0.377. The number of fused-ring (bicyclic) bond motifs is 1. The molecule has 0 saturated heterocycles. The Kier molecular flexibility index (Phi) is 7.49. The van der Waals surface area contributed by atoms with Gasteiger partial charge >= 0.3 is 5.97 Å². The van der Waals surface area contributed by atoms with E-state index in [1.165, 1.54) is 11.8 Å². The zero-order chi connectivity index (χ0) is 23.9. The number of ether oxygens (including phenoxy) is 2. The minimum Gasteiger partial charge on any atom is -0.497 e. The number of hydrogen-bond acceptors (Lipinski definition) is 6. The minimum atomic E-state index is -0.416. The molecule has 0 spiro atoms. The van der Waals surface area contributed by atoms with Gasteiger partial charge in [0, 0.05) is 5.69 Å². The minimum absolute atomic E-state index is 0.176. The Labute approximate surface area is 202 Å². The number of hydrogen-bond donors (Lipinski definition) is 1. The van der Waals surface area contributed by atoms with Gasteiger partial charge in [-0.15, -0.1) is 0 Å². The first-order chi connectivity index (χ1) is 16.6. The maximum atomic E-state index is 12.6. The van der Waals surface area contributed by atoms with E-state index in [1.54, 1.807) is 38.3 Å². The van der Waals surface area contributed by atoms with Crippen LogP contribution in [0.1, 0.15) is 22.8 Å². The molecule has 0 aliphatic heterocycles. The fourth-order valence-electron chi connectivity index (χ4n) is 3.50. The fourth-order valence-corrected chi connectivity index (χ4v) is 4.31. The highest BCUT2D eigenvalue weighted by Crippen LogP contribution is 2.26. The van der Waals surface area contributed by atoms with Gasteiger partial charge in [-0.3, -0.25) is 4.79 Å². The molecule has 7 nitrogen and oxygen atoms in total. The molecule has 1 heterocycles. The van der Waals surface area contributed by atoms with Crippen molar-refractivity contribution in [3.63, 3.8) is 0 Å². The van der Waals surface area contributed by atoms with Crippen LogP contribution in [-0.4, -0.2) is 40.9 Å². The smallest absolute Gasteiger partial charge is 0.338 e. The van der Waals surface area contributed by atoms with Crippen molar-refractivity contribution in [2.75, 3.05) is 24.8 Å². The van der Waals surface area contributed by atoms with E-state index < -0.39 is 5.97 Å². The fraction of sp³-hybridized carbons (Fsp3) is 0.192. The van der Waals surface area contributed by atoms with Crippen molar-refractivity contribution in [2.45, 2.75) is 18.6 Å². The molecule has 1 aromatic heterocycles. The molecule has 8 heteroatoms. The van der Waals surface area contributed by atoms with Crippen LogP contribution < -0.4 is 10.1 Å². The summed E-state index contributed by atoms with van der Waals surface area (Å²) in [4.78, 5) is 29.3. The van der Waals surface area contributed by atoms with E-state index in [0.29, 0.717) is 24.4 Å². The van der Waals surface area contributed by atoms with E-state index in [2.05, 4.69) is 9.88 Å². The summed E-state index contributed by atoms with van der Waals surface area (Å²) in [6, 6.07) is 22.5. The Bertz CT molecular complexity index is 1300. The summed E-state index contributed by atoms with van der Waals surface area (Å²) in [5.41, 5.74) is 3.92. The Morgan fingerprint density at radius 1 is 1.03 bits per heavy atom. The summed E-state index contributed by atoms with van der Waals surface area (Å²) in [7, 11) is 1.64. The monoisotopic (exact) mass is 475 g/mol. The average molecular weight is 476 g/mol. The number of aromatic nitrogens is 2. The van der Waals surface area contributed by atoms with Crippen molar-refractivity contribution < 1.29 is 19.1 Å². The third kappa shape index (κ3) is 5.58. The highest BCUT2D eigenvalue weighted by molar-refractivity contribution is 7.99. The molecule has 0 unspecified atom stereocenters. The van der Waals surface area contributed by atoms with Gasteiger partial charge in [-0.2, -0.15) is 0 Å². The topological polar surface area (TPSA) is 82.5 Å². The molecule has 0 atom stereocenters. The number of rotatable bonds is 9. The lowest BCUT2D eigenvalue weighted by Gasteiger charge is -2.10. The Morgan fingerprint density at radius 3 is 2.59 bits per heavy atom. The van der Waals surface area contributed by atoms with Crippen LogP contribution in [0, 0.1) is 0 Å². The summed E-state index contributed by atoms with van der Waals surface area (Å²) in [5, 5.41) is 3.60. The number of anilines is 1. The predicted molar refractivity (Wildman–Crippen MR) is 134 cm³/mol. The van der Waals surface area contributed by atoms with Gasteiger partial charge in [0.2, 0.25) is 5.91 Å². The number of methoxy groups -OCH3 is 1. The van der Waals surface area contributed by atoms with Crippen molar-refractivity contribution >= 4 is 40.4 Å². The second kappa shape index (κ2) is 10.9. The maximum Gasteiger partial charge on any atom is 0.338 e. The van der Waals surface area contributed by atoms with Gasteiger partial charge in [-0.1, -0.05) is 42.1 Å². The van der Waals surface area contributed by atoms with E-state index in [9.17, 15) is 9.59 Å². The summed E-state index contributed by atoms with van der Waals surface area (Å²) in [6.45, 7) is 2.67. The number of para-hydroxylation sites is 2. The molecule has 0 aliphatic rings. The number of carbonyl (C=O) groups excluding carboxylic acids is 2. The maximum absolute atomic E-state index is 12.6. The zero-order valence-corrected chi connectivity index (χ0v) is 19.8. The number of thioether (sulfide) groups is 1. The molecular formula is C26H25N3O4S. The summed E-state index contributed by atoms with van der Waals surface area (Å²) < 4.78 is 12.4. The molecule has 174 valence electrons. The van der Waals surface area contributed by atoms with E-state index in [0.717, 1.165) is 27.5 Å². The molecule has 0 bridgehead atoms. The SMILES string of the molecule is CCOC(=O)c1cccc(NC(=O)CSc2nc3ccccc3n2Cc2ccc(OC)cc2)c1. The molecule has 4 aromatic rings. The van der Waals surface area contributed by atoms with Gasteiger partial charge in [0.1, 0.15) is 5.75 Å². The molecule has 0 fully saturated rings. The average Bonchev–Trinajstić information content (AvgIpc) is 3.21. The second-order valence-electron chi connectivity index (χ2n) is 7.46. The third-order valence-corrected chi connectivity index (χ3v) is 6.09. The third-order valence-electron chi connectivity index (χ3n) is 5.11. The van der Waals surface area contributed by atoms with Crippen molar-refractivity contribution in [3.05, 3.63) is 83.9 Å². The second-order valence-corrected chi connectivity index (χ2v) is 8.40. The molecular weight excluding hydrogens is 450 g/mol. The van der Waals surface area contributed by atoms with Crippen LogP contribution in [0.5, 0.6) is 5.75 Å². The van der Waals surface area contributed by atoms with Crippen LogP contribution >= 0.6 is 11.8 Å². The van der Waals surface area contributed by atoms with Crippen molar-refractivity contribution in [3.8, 4) is 5.75 Å². The van der Waals surface area contributed by atoms with Gasteiger partial charge in [0.05, 0.1) is 42.6 Å². The first kappa shape index (κ1) is 23.4. The highest BCUT2D eigenvalue weighted by Gasteiger charge is 2.14. The Balaban J connectivity index is 1.48. The van der Waals surface area contributed by atoms with Gasteiger partial charge in [-0.25, -0.2) is 9.78 Å². The Morgan fingerprint density at radius 2 is 1.82 bits per heavy atom. The van der Waals surface area contributed by atoms with Crippen LogP contribution in [0.3, 0.4) is 0 Å². The van der Waals surface area contributed by atoms with E-state index in [-0.39, 0.29) is 11.7 Å². The molecule has 4 rings (SSSR count). The lowest BCUT2D eigenvalue weighted by molar-refractivity contribution is -0.113. The zero-order valence-electron chi connectivity index (χ0n) is 19.0. The molecule has 0 aliphatic carbocycles. The van der Waals surface area contributed by atoms with E-state index in [1.807, 2.05) is 48.5 Å². The van der Waals surface area contributed by atoms with Crippen LogP contribution in [0.4, 0.5) is 5.69 Å². The number of esters is 1. The van der Waals surface area contributed by atoms with Crippen LogP contribution in [0.25, 0.3) is 11.0 Å². The number of nitrogens with zero attached hydrogens (tertiary/aromatic N) is 2.